The van der Waals surface area contributed by atoms with Crippen molar-refractivity contribution in [2.75, 3.05) is 30.3 Å². The molecule has 0 unspecified atom stereocenters. The van der Waals surface area contributed by atoms with Crippen molar-refractivity contribution in [3.05, 3.63) is 29.7 Å². The van der Waals surface area contributed by atoms with E-state index in [1.165, 1.54) is 12.8 Å². The number of carbonyl (C=O) groups excluding carboxylic acids is 1. The van der Waals surface area contributed by atoms with Crippen molar-refractivity contribution in [2.24, 2.45) is 0 Å². The fourth-order valence-electron chi connectivity index (χ4n) is 3.28. The summed E-state index contributed by atoms with van der Waals surface area (Å²) < 4.78 is 0. The molecule has 3 N–H and O–H groups in total. The zero-order valence-corrected chi connectivity index (χ0v) is 14.8. The van der Waals surface area contributed by atoms with E-state index < -0.39 is 0 Å². The molecule has 1 saturated heterocycles. The molecule has 8 heteroatoms. The maximum Gasteiger partial charge on any atom is 0.259 e. The van der Waals surface area contributed by atoms with Crippen LogP contribution in [0.1, 0.15) is 19.3 Å². The van der Waals surface area contributed by atoms with E-state index in [2.05, 4.69) is 25.6 Å². The minimum atomic E-state index is 0.00134. The normalized spacial score (nSPS) is 21.2. The lowest BCUT2D eigenvalue weighted by molar-refractivity contribution is -0.116. The van der Waals surface area contributed by atoms with Gasteiger partial charge in [0.15, 0.2) is 0 Å². The highest BCUT2D eigenvalue weighted by Gasteiger charge is 2.21. The van der Waals surface area contributed by atoms with Gasteiger partial charge < -0.3 is 20.5 Å². The van der Waals surface area contributed by atoms with E-state index in [1.54, 1.807) is 18.1 Å². The summed E-state index contributed by atoms with van der Waals surface area (Å²) in [6, 6.07) is 2.36. The molecule has 4 rings (SSSR count). The first-order valence-electron chi connectivity index (χ1n) is 8.72. The lowest BCUT2D eigenvalue weighted by Crippen LogP contribution is -2.44. The van der Waals surface area contributed by atoms with E-state index in [-0.39, 0.29) is 5.91 Å². The van der Waals surface area contributed by atoms with Crippen LogP contribution in [0.5, 0.6) is 0 Å². The Hall–Kier alpha value is -2.06. The molecule has 0 aromatic carbocycles. The summed E-state index contributed by atoms with van der Waals surface area (Å²) in [6.07, 6.45) is 8.91. The Balaban J connectivity index is 1.46. The average Bonchev–Trinajstić information content (AvgIpc) is 3.16. The molecule has 0 radical (unpaired) electrons. The van der Waals surface area contributed by atoms with Gasteiger partial charge >= 0.3 is 0 Å². The zero-order chi connectivity index (χ0) is 17.1. The van der Waals surface area contributed by atoms with Gasteiger partial charge in [0, 0.05) is 37.3 Å². The van der Waals surface area contributed by atoms with Crippen LogP contribution in [0.3, 0.4) is 0 Å². The summed E-state index contributed by atoms with van der Waals surface area (Å²) in [5.41, 5.74) is 0.811. The molecule has 4 heterocycles. The van der Waals surface area contributed by atoms with Crippen LogP contribution >= 0.6 is 11.8 Å². The molecule has 2 aromatic rings. The topological polar surface area (TPSA) is 85.9 Å². The van der Waals surface area contributed by atoms with Crippen molar-refractivity contribution in [1.29, 1.82) is 0 Å². The Labute approximate surface area is 150 Å². The molecule has 1 fully saturated rings. The van der Waals surface area contributed by atoms with Crippen molar-refractivity contribution in [2.45, 2.75) is 25.3 Å². The summed E-state index contributed by atoms with van der Waals surface area (Å²) in [5, 5.41) is 7.50. The highest BCUT2D eigenvalue weighted by molar-refractivity contribution is 8.04. The van der Waals surface area contributed by atoms with E-state index in [1.807, 2.05) is 23.4 Å². The highest BCUT2D eigenvalue weighted by atomic mass is 32.2. The van der Waals surface area contributed by atoms with Gasteiger partial charge in [-0.25, -0.2) is 9.97 Å². The van der Waals surface area contributed by atoms with Gasteiger partial charge in [-0.15, -0.1) is 11.8 Å². The summed E-state index contributed by atoms with van der Waals surface area (Å²) in [4.78, 5) is 27.1. The smallest absolute Gasteiger partial charge is 0.259 e. The number of hydrogen-bond donors (Lipinski definition) is 3. The van der Waals surface area contributed by atoms with Crippen LogP contribution in [-0.4, -0.2) is 52.3 Å². The minimum Gasteiger partial charge on any atom is -0.350 e. The third kappa shape index (κ3) is 3.64. The number of hydrogen-bond acceptors (Lipinski definition) is 6. The lowest BCUT2D eigenvalue weighted by Gasteiger charge is -2.27. The number of aromatic nitrogens is 3. The van der Waals surface area contributed by atoms with Gasteiger partial charge in [0.2, 0.25) is 0 Å². The number of thioether (sulfide) groups is 1. The molecule has 1 amide bonds. The number of fused-ring (bicyclic) bond motifs is 1. The van der Waals surface area contributed by atoms with Gasteiger partial charge in [-0.2, -0.15) is 0 Å². The van der Waals surface area contributed by atoms with Crippen molar-refractivity contribution in [3.63, 3.8) is 0 Å². The van der Waals surface area contributed by atoms with Gasteiger partial charge in [0.25, 0.3) is 5.91 Å². The number of rotatable bonds is 4. The molecule has 0 bridgehead atoms. The first-order chi connectivity index (χ1) is 12.3. The first-order valence-corrected chi connectivity index (χ1v) is 9.71. The minimum absolute atomic E-state index is 0.00134. The Morgan fingerprint density at radius 1 is 1.40 bits per heavy atom. The van der Waals surface area contributed by atoms with Gasteiger partial charge in [-0.3, -0.25) is 4.79 Å². The van der Waals surface area contributed by atoms with Crippen LogP contribution in [-0.2, 0) is 4.79 Å². The second-order valence-corrected chi connectivity index (χ2v) is 7.47. The van der Waals surface area contributed by atoms with Crippen LogP contribution in [0.25, 0.3) is 11.0 Å². The van der Waals surface area contributed by atoms with Crippen LogP contribution in [0.4, 0.5) is 5.82 Å². The third-order valence-electron chi connectivity index (χ3n) is 4.61. The predicted molar refractivity (Wildman–Crippen MR) is 100 cm³/mol. The second-order valence-electron chi connectivity index (χ2n) is 6.33. The molecule has 25 heavy (non-hydrogen) atoms. The standard InChI is InChI=1S/C17H22N6OS/c24-17(20-9-12-3-1-2-5-18-12)14-10-23(7-8-25-14)16-13-4-6-19-15(13)21-11-22-16/h4,6,10-12,18H,1-3,5,7-9H2,(H,20,24)(H,19,21,22)/t12-/m0/s1. The number of anilines is 1. The van der Waals surface area contributed by atoms with Crippen LogP contribution in [0, 0.1) is 0 Å². The highest BCUT2D eigenvalue weighted by Crippen LogP contribution is 2.28. The molecule has 2 aromatic heterocycles. The summed E-state index contributed by atoms with van der Waals surface area (Å²) in [7, 11) is 0. The van der Waals surface area contributed by atoms with Crippen LogP contribution in [0.2, 0.25) is 0 Å². The van der Waals surface area contributed by atoms with Crippen molar-refractivity contribution >= 4 is 34.5 Å². The van der Waals surface area contributed by atoms with Crippen molar-refractivity contribution in [1.82, 2.24) is 25.6 Å². The summed E-state index contributed by atoms with van der Waals surface area (Å²) in [5.74, 6) is 1.70. The fourth-order valence-corrected chi connectivity index (χ4v) is 4.19. The number of aromatic amines is 1. The first kappa shape index (κ1) is 16.4. The van der Waals surface area contributed by atoms with Gasteiger partial charge in [-0.1, -0.05) is 6.42 Å². The van der Waals surface area contributed by atoms with E-state index >= 15 is 0 Å². The third-order valence-corrected chi connectivity index (χ3v) is 5.60. The summed E-state index contributed by atoms with van der Waals surface area (Å²) in [6.45, 7) is 2.56. The molecule has 2 aliphatic rings. The van der Waals surface area contributed by atoms with Crippen molar-refractivity contribution < 1.29 is 4.79 Å². The maximum absolute atomic E-state index is 12.5. The SMILES string of the molecule is O=C(NC[C@@H]1CCCCN1)C1=CN(c2ncnc3[nH]ccc23)CCS1. The van der Waals surface area contributed by atoms with E-state index in [0.29, 0.717) is 12.6 Å². The quantitative estimate of drug-likeness (QED) is 0.770. The lowest BCUT2D eigenvalue weighted by atomic mass is 10.1. The second kappa shape index (κ2) is 7.45. The Kier molecular flexibility index (Phi) is 4.89. The Bertz CT molecular complexity index is 782. The van der Waals surface area contributed by atoms with Gasteiger partial charge in [0.05, 0.1) is 10.3 Å². The van der Waals surface area contributed by atoms with Crippen molar-refractivity contribution in [3.8, 4) is 0 Å². The zero-order valence-electron chi connectivity index (χ0n) is 14.0. The number of piperidine rings is 1. The number of nitrogens with zero attached hydrogens (tertiary/aromatic N) is 3. The Morgan fingerprint density at radius 3 is 3.24 bits per heavy atom. The van der Waals surface area contributed by atoms with Gasteiger partial charge in [-0.05, 0) is 25.5 Å². The summed E-state index contributed by atoms with van der Waals surface area (Å²) >= 11 is 1.60. The molecule has 1 atom stereocenters. The Morgan fingerprint density at radius 2 is 2.36 bits per heavy atom. The molecule has 0 saturated carbocycles. The van der Waals surface area contributed by atoms with E-state index in [9.17, 15) is 4.79 Å². The van der Waals surface area contributed by atoms with Crippen LogP contribution in [0.15, 0.2) is 29.7 Å². The van der Waals surface area contributed by atoms with Crippen LogP contribution < -0.4 is 15.5 Å². The van der Waals surface area contributed by atoms with E-state index in [0.717, 1.165) is 47.0 Å². The molecule has 7 nitrogen and oxygen atoms in total. The largest absolute Gasteiger partial charge is 0.350 e. The molecule has 132 valence electrons. The predicted octanol–water partition coefficient (Wildman–Crippen LogP) is 1.61. The number of nitrogens with one attached hydrogen (secondary N) is 3. The maximum atomic E-state index is 12.5. The number of amides is 1. The molecule has 0 spiro atoms. The monoisotopic (exact) mass is 358 g/mol. The van der Waals surface area contributed by atoms with Gasteiger partial charge in [0.1, 0.15) is 17.8 Å². The van der Waals surface area contributed by atoms with E-state index in [4.69, 9.17) is 0 Å². The number of carbonyl (C=O) groups is 1. The molecule has 2 aliphatic heterocycles. The number of H-pyrrole nitrogens is 1. The molecular formula is C17H22N6OS. The fraction of sp³-hybridized carbons (Fsp3) is 0.471. The molecular weight excluding hydrogens is 336 g/mol. The average molecular weight is 358 g/mol. The molecule has 0 aliphatic carbocycles.